The molecule has 0 bridgehead atoms. The predicted molar refractivity (Wildman–Crippen MR) is 94.6 cm³/mol. The standard InChI is InChI=1S/C20H25N3O/c1-23(20(24)13-12-19-21-14-7-15-22-19)18-11-6-5-10-17(18)16-8-3-2-4-9-16/h2-4,7-9,14-15,17-18H,5-6,10-13H2,1H3. The van der Waals surface area contributed by atoms with Gasteiger partial charge in [-0.15, -0.1) is 0 Å². The lowest BCUT2D eigenvalue weighted by atomic mass is 9.79. The number of carbonyl (C=O) groups is 1. The lowest BCUT2D eigenvalue weighted by molar-refractivity contribution is -0.133. The van der Waals surface area contributed by atoms with Gasteiger partial charge in [-0.1, -0.05) is 43.2 Å². The molecule has 126 valence electrons. The summed E-state index contributed by atoms with van der Waals surface area (Å²) >= 11 is 0. The molecule has 2 atom stereocenters. The number of aryl methyl sites for hydroxylation is 1. The van der Waals surface area contributed by atoms with E-state index in [9.17, 15) is 4.79 Å². The minimum atomic E-state index is 0.190. The lowest BCUT2D eigenvalue weighted by Crippen LogP contribution is -2.42. The van der Waals surface area contributed by atoms with Gasteiger partial charge in [0.05, 0.1) is 0 Å². The van der Waals surface area contributed by atoms with E-state index >= 15 is 0 Å². The maximum atomic E-state index is 12.7. The molecule has 4 heteroatoms. The maximum Gasteiger partial charge on any atom is 0.223 e. The number of likely N-dealkylation sites (N-methyl/N-ethyl adjacent to an activating group) is 1. The van der Waals surface area contributed by atoms with Crippen LogP contribution in [0.2, 0.25) is 0 Å². The van der Waals surface area contributed by atoms with E-state index in [0.29, 0.717) is 24.8 Å². The first-order chi connectivity index (χ1) is 11.8. The molecule has 24 heavy (non-hydrogen) atoms. The van der Waals surface area contributed by atoms with Crippen molar-refractivity contribution in [1.29, 1.82) is 0 Å². The smallest absolute Gasteiger partial charge is 0.223 e. The molecule has 0 aliphatic heterocycles. The third-order valence-electron chi connectivity index (χ3n) is 5.03. The molecular formula is C20H25N3O. The number of benzene rings is 1. The molecule has 1 saturated carbocycles. The Morgan fingerprint density at radius 2 is 1.79 bits per heavy atom. The van der Waals surface area contributed by atoms with Crippen LogP contribution in [0.5, 0.6) is 0 Å². The molecule has 3 rings (SSSR count). The third-order valence-corrected chi connectivity index (χ3v) is 5.03. The fourth-order valence-electron chi connectivity index (χ4n) is 3.70. The Kier molecular flexibility index (Phi) is 5.57. The lowest BCUT2D eigenvalue weighted by Gasteiger charge is -2.38. The third kappa shape index (κ3) is 3.99. The zero-order chi connectivity index (χ0) is 16.8. The van der Waals surface area contributed by atoms with E-state index in [1.165, 1.54) is 18.4 Å². The van der Waals surface area contributed by atoms with Gasteiger partial charge in [0.15, 0.2) is 0 Å². The molecule has 1 fully saturated rings. The second-order valence-electron chi connectivity index (χ2n) is 6.54. The Bertz CT molecular complexity index is 644. The molecule has 1 aliphatic rings. The summed E-state index contributed by atoms with van der Waals surface area (Å²) in [5, 5.41) is 0. The Labute approximate surface area is 143 Å². The van der Waals surface area contributed by atoms with E-state index in [0.717, 1.165) is 18.7 Å². The van der Waals surface area contributed by atoms with Crippen molar-refractivity contribution in [3.63, 3.8) is 0 Å². The highest BCUT2D eigenvalue weighted by Crippen LogP contribution is 2.35. The van der Waals surface area contributed by atoms with Crippen molar-refractivity contribution in [2.24, 2.45) is 0 Å². The van der Waals surface area contributed by atoms with Gasteiger partial charge >= 0.3 is 0 Å². The fourth-order valence-corrected chi connectivity index (χ4v) is 3.70. The van der Waals surface area contributed by atoms with Crippen molar-refractivity contribution in [3.8, 4) is 0 Å². The van der Waals surface area contributed by atoms with E-state index in [2.05, 4.69) is 40.3 Å². The Balaban J connectivity index is 1.65. The van der Waals surface area contributed by atoms with Crippen LogP contribution in [-0.2, 0) is 11.2 Å². The first kappa shape index (κ1) is 16.6. The summed E-state index contributed by atoms with van der Waals surface area (Å²) in [6, 6.07) is 12.7. The van der Waals surface area contributed by atoms with Crippen LogP contribution in [0.3, 0.4) is 0 Å². The molecule has 1 heterocycles. The molecule has 1 amide bonds. The van der Waals surface area contributed by atoms with Crippen LogP contribution in [0, 0.1) is 0 Å². The van der Waals surface area contributed by atoms with Crippen molar-refractivity contribution in [2.45, 2.75) is 50.5 Å². The highest BCUT2D eigenvalue weighted by molar-refractivity contribution is 5.76. The van der Waals surface area contributed by atoms with E-state index < -0.39 is 0 Å². The van der Waals surface area contributed by atoms with Crippen LogP contribution >= 0.6 is 0 Å². The van der Waals surface area contributed by atoms with Gasteiger partial charge in [-0.25, -0.2) is 9.97 Å². The van der Waals surface area contributed by atoms with E-state index in [1.54, 1.807) is 18.5 Å². The van der Waals surface area contributed by atoms with Gasteiger partial charge in [-0.3, -0.25) is 4.79 Å². The molecule has 1 aromatic heterocycles. The molecule has 4 nitrogen and oxygen atoms in total. The topological polar surface area (TPSA) is 46.1 Å². The van der Waals surface area contributed by atoms with Crippen LogP contribution in [0.1, 0.15) is 49.4 Å². The number of amides is 1. The van der Waals surface area contributed by atoms with Gasteiger partial charge in [0.25, 0.3) is 0 Å². The number of hydrogen-bond acceptors (Lipinski definition) is 3. The van der Waals surface area contributed by atoms with Crippen LogP contribution in [0.15, 0.2) is 48.8 Å². The van der Waals surface area contributed by atoms with Gasteiger partial charge in [0, 0.05) is 44.2 Å². The van der Waals surface area contributed by atoms with Crippen LogP contribution < -0.4 is 0 Å². The largest absolute Gasteiger partial charge is 0.342 e. The Morgan fingerprint density at radius 3 is 2.54 bits per heavy atom. The Hall–Kier alpha value is -2.23. The second-order valence-corrected chi connectivity index (χ2v) is 6.54. The SMILES string of the molecule is CN(C(=O)CCc1ncccn1)C1CCCCC1c1ccccc1. The first-order valence-corrected chi connectivity index (χ1v) is 8.82. The first-order valence-electron chi connectivity index (χ1n) is 8.82. The number of nitrogens with zero attached hydrogens (tertiary/aromatic N) is 3. The summed E-state index contributed by atoms with van der Waals surface area (Å²) in [5.41, 5.74) is 1.35. The van der Waals surface area contributed by atoms with Gasteiger partial charge in [0.2, 0.25) is 5.91 Å². The molecule has 1 aromatic carbocycles. The van der Waals surface area contributed by atoms with E-state index in [4.69, 9.17) is 0 Å². The van der Waals surface area contributed by atoms with Crippen LogP contribution in [0.25, 0.3) is 0 Å². The summed E-state index contributed by atoms with van der Waals surface area (Å²) in [6.45, 7) is 0. The zero-order valence-electron chi connectivity index (χ0n) is 14.3. The van der Waals surface area contributed by atoms with Crippen molar-refractivity contribution >= 4 is 5.91 Å². The summed E-state index contributed by atoms with van der Waals surface area (Å²) in [4.78, 5) is 23.0. The van der Waals surface area contributed by atoms with Gasteiger partial charge in [0.1, 0.15) is 5.82 Å². The highest BCUT2D eigenvalue weighted by atomic mass is 16.2. The molecule has 2 unspecified atom stereocenters. The normalized spacial score (nSPS) is 20.5. The number of aromatic nitrogens is 2. The minimum absolute atomic E-state index is 0.190. The fraction of sp³-hybridized carbons (Fsp3) is 0.450. The zero-order valence-corrected chi connectivity index (χ0v) is 14.3. The van der Waals surface area contributed by atoms with Gasteiger partial charge in [-0.2, -0.15) is 0 Å². The van der Waals surface area contributed by atoms with Crippen molar-refractivity contribution in [3.05, 3.63) is 60.2 Å². The molecule has 0 radical (unpaired) electrons. The van der Waals surface area contributed by atoms with Gasteiger partial charge in [-0.05, 0) is 24.5 Å². The van der Waals surface area contributed by atoms with Gasteiger partial charge < -0.3 is 4.90 Å². The summed E-state index contributed by atoms with van der Waals surface area (Å²) in [6.07, 6.45) is 9.22. The molecule has 2 aromatic rings. The molecule has 1 aliphatic carbocycles. The van der Waals surface area contributed by atoms with Crippen LogP contribution in [-0.4, -0.2) is 33.9 Å². The van der Waals surface area contributed by atoms with Crippen molar-refractivity contribution in [2.75, 3.05) is 7.05 Å². The molecule has 0 spiro atoms. The summed E-state index contributed by atoms with van der Waals surface area (Å²) in [7, 11) is 1.96. The quantitative estimate of drug-likeness (QED) is 0.844. The number of hydrogen-bond donors (Lipinski definition) is 0. The Morgan fingerprint density at radius 1 is 1.08 bits per heavy atom. The van der Waals surface area contributed by atoms with Crippen molar-refractivity contribution in [1.82, 2.24) is 14.9 Å². The minimum Gasteiger partial charge on any atom is -0.342 e. The monoisotopic (exact) mass is 323 g/mol. The van der Waals surface area contributed by atoms with Crippen molar-refractivity contribution < 1.29 is 4.79 Å². The highest BCUT2D eigenvalue weighted by Gasteiger charge is 2.31. The molecule has 0 saturated heterocycles. The summed E-state index contributed by atoms with van der Waals surface area (Å²) in [5.74, 6) is 1.37. The van der Waals surface area contributed by atoms with E-state index in [-0.39, 0.29) is 5.91 Å². The average molecular weight is 323 g/mol. The summed E-state index contributed by atoms with van der Waals surface area (Å²) < 4.78 is 0. The van der Waals surface area contributed by atoms with Crippen LogP contribution in [0.4, 0.5) is 0 Å². The second kappa shape index (κ2) is 8.04. The average Bonchev–Trinajstić information content (AvgIpc) is 2.67. The predicted octanol–water partition coefficient (Wildman–Crippen LogP) is 3.59. The van der Waals surface area contributed by atoms with E-state index in [1.807, 2.05) is 11.9 Å². The number of carbonyl (C=O) groups excluding carboxylic acids is 1. The molecular weight excluding hydrogens is 298 g/mol. The number of rotatable bonds is 5. The molecule has 0 N–H and O–H groups in total. The maximum absolute atomic E-state index is 12.7.